The van der Waals surface area contributed by atoms with Crippen LogP contribution in [0, 0.1) is 0 Å². The highest BCUT2D eigenvalue weighted by Gasteiger charge is 2.22. The van der Waals surface area contributed by atoms with E-state index in [9.17, 15) is 4.79 Å². The third-order valence-electron chi connectivity index (χ3n) is 4.78. The minimum absolute atomic E-state index is 0. The molecule has 1 aliphatic rings. The molecule has 0 radical (unpaired) electrons. The number of carbonyl (C=O) groups is 1. The predicted molar refractivity (Wildman–Crippen MR) is 125 cm³/mol. The molecule has 1 heterocycles. The summed E-state index contributed by atoms with van der Waals surface area (Å²) in [4.78, 5) is 19.1. The van der Waals surface area contributed by atoms with Crippen molar-refractivity contribution in [1.82, 2.24) is 15.5 Å². The molecule has 1 atom stereocenters. The summed E-state index contributed by atoms with van der Waals surface area (Å²) in [5, 5.41) is 6.52. The summed E-state index contributed by atoms with van der Waals surface area (Å²) in [6, 6.07) is 8.32. The number of rotatable bonds is 8. The van der Waals surface area contributed by atoms with E-state index in [1.165, 1.54) is 6.42 Å². The Hall–Kier alpha value is -1.51. The normalized spacial score (nSPS) is 16.9. The summed E-state index contributed by atoms with van der Waals surface area (Å²) in [6.07, 6.45) is 3.95. The summed E-state index contributed by atoms with van der Waals surface area (Å²) in [5.41, 5.74) is 1.05. The lowest BCUT2D eigenvalue weighted by Crippen LogP contribution is -2.44. The Labute approximate surface area is 186 Å². The van der Waals surface area contributed by atoms with Gasteiger partial charge in [-0.1, -0.05) is 18.2 Å². The molecule has 1 fully saturated rings. The number of halogens is 1. The zero-order chi connectivity index (χ0) is 19.5. The minimum Gasteiger partial charge on any atom is -0.494 e. The van der Waals surface area contributed by atoms with Gasteiger partial charge in [-0.3, -0.25) is 4.79 Å². The van der Waals surface area contributed by atoms with Crippen molar-refractivity contribution >= 4 is 35.8 Å². The van der Waals surface area contributed by atoms with E-state index >= 15 is 0 Å². The molecule has 1 aliphatic heterocycles. The summed E-state index contributed by atoms with van der Waals surface area (Å²) in [6.45, 7) is 9.57. The molecule has 6 nitrogen and oxygen atoms in total. The monoisotopic (exact) mass is 502 g/mol. The highest BCUT2D eigenvalue weighted by Crippen LogP contribution is 2.19. The van der Waals surface area contributed by atoms with Gasteiger partial charge in [0.2, 0.25) is 5.91 Å². The van der Waals surface area contributed by atoms with Gasteiger partial charge in [0.1, 0.15) is 5.75 Å². The fourth-order valence-electron chi connectivity index (χ4n) is 3.34. The number of para-hydroxylation sites is 1. The van der Waals surface area contributed by atoms with Crippen molar-refractivity contribution in [2.75, 3.05) is 26.2 Å². The number of amides is 1. The average molecular weight is 502 g/mol. The van der Waals surface area contributed by atoms with Gasteiger partial charge in [0.05, 0.1) is 13.2 Å². The molecule has 158 valence electrons. The fraction of sp³-hybridized carbons (Fsp3) is 0.619. The zero-order valence-electron chi connectivity index (χ0n) is 17.4. The molecule has 0 saturated carbocycles. The van der Waals surface area contributed by atoms with Crippen molar-refractivity contribution in [3.63, 3.8) is 0 Å². The average Bonchev–Trinajstić information content (AvgIpc) is 2.67. The first kappa shape index (κ1) is 24.5. The lowest BCUT2D eigenvalue weighted by molar-refractivity contribution is -0.134. The molecule has 0 aromatic heterocycles. The summed E-state index contributed by atoms with van der Waals surface area (Å²) in [7, 11) is 0. The van der Waals surface area contributed by atoms with E-state index in [1.807, 2.05) is 43.0 Å². The van der Waals surface area contributed by atoms with Gasteiger partial charge in [0, 0.05) is 37.7 Å². The maximum absolute atomic E-state index is 12.5. The van der Waals surface area contributed by atoms with E-state index in [2.05, 4.69) is 22.5 Å². The summed E-state index contributed by atoms with van der Waals surface area (Å²) < 4.78 is 5.66. The Morgan fingerprint density at radius 2 is 2.04 bits per heavy atom. The smallest absolute Gasteiger partial charge is 0.224 e. The molecule has 1 unspecified atom stereocenters. The number of hydrogen-bond donors (Lipinski definition) is 2. The first-order valence-corrected chi connectivity index (χ1v) is 10.2. The second-order valence-corrected chi connectivity index (χ2v) is 6.84. The first-order valence-electron chi connectivity index (χ1n) is 10.2. The number of nitrogens with one attached hydrogen (secondary N) is 2. The van der Waals surface area contributed by atoms with Crippen LogP contribution in [0.5, 0.6) is 5.75 Å². The van der Waals surface area contributed by atoms with Crippen molar-refractivity contribution in [3.8, 4) is 5.75 Å². The van der Waals surface area contributed by atoms with E-state index in [0.717, 1.165) is 43.2 Å². The van der Waals surface area contributed by atoms with Crippen LogP contribution in [0.2, 0.25) is 0 Å². The van der Waals surface area contributed by atoms with Crippen LogP contribution in [-0.2, 0) is 11.3 Å². The largest absolute Gasteiger partial charge is 0.494 e. The Morgan fingerprint density at radius 3 is 2.75 bits per heavy atom. The van der Waals surface area contributed by atoms with Crippen molar-refractivity contribution in [2.45, 2.75) is 59.0 Å². The van der Waals surface area contributed by atoms with Crippen molar-refractivity contribution in [3.05, 3.63) is 29.8 Å². The Bertz CT molecular complexity index is 624. The molecule has 2 rings (SSSR count). The van der Waals surface area contributed by atoms with Gasteiger partial charge in [0.25, 0.3) is 0 Å². The van der Waals surface area contributed by atoms with Crippen LogP contribution in [-0.4, -0.2) is 49.0 Å². The third-order valence-corrected chi connectivity index (χ3v) is 4.78. The molecule has 1 amide bonds. The standard InChI is InChI=1S/C21H34N4O2.HI/c1-4-22-21(24-16-18-11-6-7-12-19(18)27-5-2)23-14-13-20(26)25-15-9-8-10-17(25)3;/h6-7,11-12,17H,4-5,8-10,13-16H2,1-3H3,(H2,22,23,24);1H. The molecule has 28 heavy (non-hydrogen) atoms. The van der Waals surface area contributed by atoms with E-state index in [1.54, 1.807) is 0 Å². The van der Waals surface area contributed by atoms with E-state index in [4.69, 9.17) is 4.74 Å². The van der Waals surface area contributed by atoms with Gasteiger partial charge in [-0.25, -0.2) is 4.99 Å². The number of aliphatic imine (C=N–C) groups is 1. The lowest BCUT2D eigenvalue weighted by Gasteiger charge is -2.33. The quantitative estimate of drug-likeness (QED) is 0.324. The van der Waals surface area contributed by atoms with Crippen LogP contribution in [0.15, 0.2) is 29.3 Å². The minimum atomic E-state index is 0. The summed E-state index contributed by atoms with van der Waals surface area (Å²) in [5.74, 6) is 1.82. The first-order chi connectivity index (χ1) is 13.2. The number of guanidine groups is 1. The van der Waals surface area contributed by atoms with Crippen molar-refractivity contribution in [2.24, 2.45) is 4.99 Å². The number of carbonyl (C=O) groups excluding carboxylic acids is 1. The van der Waals surface area contributed by atoms with Crippen LogP contribution in [0.3, 0.4) is 0 Å². The number of piperidine rings is 1. The molecular weight excluding hydrogens is 467 g/mol. The molecule has 1 aromatic rings. The van der Waals surface area contributed by atoms with Crippen LogP contribution in [0.1, 0.15) is 52.0 Å². The van der Waals surface area contributed by atoms with Crippen LogP contribution in [0.4, 0.5) is 0 Å². The second-order valence-electron chi connectivity index (χ2n) is 6.84. The van der Waals surface area contributed by atoms with E-state index in [-0.39, 0.29) is 29.9 Å². The molecule has 0 aliphatic carbocycles. The molecule has 7 heteroatoms. The molecular formula is C21H35IN4O2. The van der Waals surface area contributed by atoms with E-state index in [0.29, 0.717) is 32.2 Å². The fourth-order valence-corrected chi connectivity index (χ4v) is 3.34. The number of benzene rings is 1. The number of ether oxygens (including phenoxy) is 1. The highest BCUT2D eigenvalue weighted by molar-refractivity contribution is 14.0. The predicted octanol–water partition coefficient (Wildman–Crippen LogP) is 3.55. The van der Waals surface area contributed by atoms with Gasteiger partial charge in [-0.05, 0) is 46.1 Å². The maximum Gasteiger partial charge on any atom is 0.224 e. The van der Waals surface area contributed by atoms with E-state index < -0.39 is 0 Å². The molecule has 2 N–H and O–H groups in total. The SMILES string of the molecule is CCNC(=NCc1ccccc1OCC)NCCC(=O)N1CCCCC1C.I. The zero-order valence-corrected chi connectivity index (χ0v) is 19.7. The maximum atomic E-state index is 12.5. The van der Waals surface area contributed by atoms with Crippen molar-refractivity contribution in [1.29, 1.82) is 0 Å². The van der Waals surface area contributed by atoms with Crippen LogP contribution >= 0.6 is 24.0 Å². The van der Waals surface area contributed by atoms with Gasteiger partial charge in [0.15, 0.2) is 5.96 Å². The lowest BCUT2D eigenvalue weighted by atomic mass is 10.0. The number of likely N-dealkylation sites (tertiary alicyclic amines) is 1. The Kier molecular flexibility index (Phi) is 11.9. The van der Waals surface area contributed by atoms with Gasteiger partial charge < -0.3 is 20.3 Å². The molecule has 0 spiro atoms. The second kappa shape index (κ2) is 13.6. The Morgan fingerprint density at radius 1 is 1.25 bits per heavy atom. The Balaban J connectivity index is 0.00000392. The highest BCUT2D eigenvalue weighted by atomic mass is 127. The van der Waals surface area contributed by atoms with Crippen molar-refractivity contribution < 1.29 is 9.53 Å². The number of hydrogen-bond acceptors (Lipinski definition) is 3. The molecule has 1 aromatic carbocycles. The van der Waals surface area contributed by atoms with Gasteiger partial charge in [-0.2, -0.15) is 0 Å². The number of nitrogens with zero attached hydrogens (tertiary/aromatic N) is 2. The topological polar surface area (TPSA) is 66.0 Å². The molecule has 1 saturated heterocycles. The molecule has 0 bridgehead atoms. The van der Waals surface area contributed by atoms with Crippen LogP contribution < -0.4 is 15.4 Å². The van der Waals surface area contributed by atoms with Crippen LogP contribution in [0.25, 0.3) is 0 Å². The van der Waals surface area contributed by atoms with Gasteiger partial charge in [-0.15, -0.1) is 24.0 Å². The van der Waals surface area contributed by atoms with Gasteiger partial charge >= 0.3 is 0 Å². The summed E-state index contributed by atoms with van der Waals surface area (Å²) >= 11 is 0. The third kappa shape index (κ3) is 7.85.